The highest BCUT2D eigenvalue weighted by Gasteiger charge is 2.14. The zero-order chi connectivity index (χ0) is 13.1. The number of hydrogen-bond donors (Lipinski definition) is 2. The van der Waals surface area contributed by atoms with Crippen LogP contribution >= 0.6 is 0 Å². The van der Waals surface area contributed by atoms with E-state index in [0.29, 0.717) is 0 Å². The van der Waals surface area contributed by atoms with Gasteiger partial charge in [-0.25, -0.2) is 4.98 Å². The van der Waals surface area contributed by atoms with E-state index < -0.39 is 0 Å². The first-order chi connectivity index (χ1) is 9.36. The Labute approximate surface area is 112 Å². The van der Waals surface area contributed by atoms with Gasteiger partial charge in [-0.1, -0.05) is 54.6 Å². The second-order valence-corrected chi connectivity index (χ2v) is 4.41. The van der Waals surface area contributed by atoms with Crippen LogP contribution in [0.3, 0.4) is 0 Å². The molecule has 19 heavy (non-hydrogen) atoms. The molecule has 0 amide bonds. The SMILES string of the molecule is N[C@@H](c1ccccc1)c1ccccc1-c1ncc[nH]1. The van der Waals surface area contributed by atoms with Gasteiger partial charge in [0.25, 0.3) is 0 Å². The summed E-state index contributed by atoms with van der Waals surface area (Å²) >= 11 is 0. The number of benzene rings is 2. The highest BCUT2D eigenvalue weighted by Crippen LogP contribution is 2.28. The van der Waals surface area contributed by atoms with Gasteiger partial charge in [-0.05, 0) is 11.1 Å². The average Bonchev–Trinajstić information content (AvgIpc) is 3.01. The van der Waals surface area contributed by atoms with E-state index in [0.717, 1.165) is 22.5 Å². The second-order valence-electron chi connectivity index (χ2n) is 4.41. The first-order valence-electron chi connectivity index (χ1n) is 6.25. The Morgan fingerprint density at radius 1 is 0.947 bits per heavy atom. The van der Waals surface area contributed by atoms with Gasteiger partial charge in [0.2, 0.25) is 0 Å². The molecule has 1 aromatic heterocycles. The topological polar surface area (TPSA) is 54.7 Å². The molecule has 3 heteroatoms. The maximum absolute atomic E-state index is 6.38. The van der Waals surface area contributed by atoms with Gasteiger partial charge in [-0.2, -0.15) is 0 Å². The molecule has 0 radical (unpaired) electrons. The summed E-state index contributed by atoms with van der Waals surface area (Å²) in [5, 5.41) is 0. The first-order valence-corrected chi connectivity index (χ1v) is 6.25. The fraction of sp³-hybridized carbons (Fsp3) is 0.0625. The Kier molecular flexibility index (Phi) is 3.12. The standard InChI is InChI=1S/C16H15N3/c17-15(12-6-2-1-3-7-12)13-8-4-5-9-14(13)16-18-10-11-19-16/h1-11,15H,17H2,(H,18,19)/t15-/m0/s1. The predicted octanol–water partition coefficient (Wildman–Crippen LogP) is 3.12. The third-order valence-corrected chi connectivity index (χ3v) is 3.21. The van der Waals surface area contributed by atoms with E-state index in [1.54, 1.807) is 6.20 Å². The van der Waals surface area contributed by atoms with Crippen molar-refractivity contribution in [3.8, 4) is 11.4 Å². The van der Waals surface area contributed by atoms with Crippen molar-refractivity contribution in [3.63, 3.8) is 0 Å². The van der Waals surface area contributed by atoms with Crippen molar-refractivity contribution >= 4 is 0 Å². The summed E-state index contributed by atoms with van der Waals surface area (Å²) in [6.45, 7) is 0. The zero-order valence-electron chi connectivity index (χ0n) is 10.5. The van der Waals surface area contributed by atoms with Crippen molar-refractivity contribution in [1.29, 1.82) is 0 Å². The Balaban J connectivity index is 2.06. The van der Waals surface area contributed by atoms with E-state index in [1.807, 2.05) is 54.7 Å². The number of aromatic nitrogens is 2. The summed E-state index contributed by atoms with van der Waals surface area (Å²) in [5.41, 5.74) is 9.60. The summed E-state index contributed by atoms with van der Waals surface area (Å²) in [4.78, 5) is 7.45. The Morgan fingerprint density at radius 3 is 2.42 bits per heavy atom. The van der Waals surface area contributed by atoms with Gasteiger partial charge in [-0.3, -0.25) is 0 Å². The van der Waals surface area contributed by atoms with Crippen LogP contribution in [0.2, 0.25) is 0 Å². The number of H-pyrrole nitrogens is 1. The van der Waals surface area contributed by atoms with Gasteiger partial charge in [-0.15, -0.1) is 0 Å². The zero-order valence-corrected chi connectivity index (χ0v) is 10.5. The molecule has 0 saturated heterocycles. The van der Waals surface area contributed by atoms with E-state index >= 15 is 0 Å². The molecule has 0 fully saturated rings. The lowest BCUT2D eigenvalue weighted by Crippen LogP contribution is -2.13. The summed E-state index contributed by atoms with van der Waals surface area (Å²) < 4.78 is 0. The van der Waals surface area contributed by atoms with Gasteiger partial charge in [0.15, 0.2) is 0 Å². The highest BCUT2D eigenvalue weighted by molar-refractivity contribution is 5.62. The number of hydrogen-bond acceptors (Lipinski definition) is 2. The molecule has 0 unspecified atom stereocenters. The molecular weight excluding hydrogens is 234 g/mol. The lowest BCUT2D eigenvalue weighted by molar-refractivity contribution is 0.872. The van der Waals surface area contributed by atoms with Gasteiger partial charge >= 0.3 is 0 Å². The number of nitrogens with one attached hydrogen (secondary N) is 1. The molecule has 3 aromatic rings. The molecule has 1 atom stereocenters. The van der Waals surface area contributed by atoms with Crippen molar-refractivity contribution < 1.29 is 0 Å². The van der Waals surface area contributed by atoms with Crippen LogP contribution < -0.4 is 5.73 Å². The fourth-order valence-electron chi connectivity index (χ4n) is 2.24. The fourth-order valence-corrected chi connectivity index (χ4v) is 2.24. The third-order valence-electron chi connectivity index (χ3n) is 3.21. The van der Waals surface area contributed by atoms with Crippen molar-refractivity contribution in [3.05, 3.63) is 78.1 Å². The van der Waals surface area contributed by atoms with Crippen molar-refractivity contribution in [1.82, 2.24) is 9.97 Å². The minimum Gasteiger partial charge on any atom is -0.345 e. The Bertz CT molecular complexity index is 645. The van der Waals surface area contributed by atoms with Crippen LogP contribution in [0.4, 0.5) is 0 Å². The molecule has 2 aromatic carbocycles. The molecular formula is C16H15N3. The van der Waals surface area contributed by atoms with Crippen LogP contribution in [-0.2, 0) is 0 Å². The smallest absolute Gasteiger partial charge is 0.137 e. The largest absolute Gasteiger partial charge is 0.345 e. The van der Waals surface area contributed by atoms with Gasteiger partial charge < -0.3 is 10.7 Å². The average molecular weight is 249 g/mol. The van der Waals surface area contributed by atoms with Gasteiger partial charge in [0.1, 0.15) is 5.82 Å². The van der Waals surface area contributed by atoms with Crippen LogP contribution in [0.15, 0.2) is 67.0 Å². The summed E-state index contributed by atoms with van der Waals surface area (Å²) in [6.07, 6.45) is 3.57. The minimum absolute atomic E-state index is 0.150. The van der Waals surface area contributed by atoms with Gasteiger partial charge in [0.05, 0.1) is 6.04 Å². The number of nitrogens with zero attached hydrogens (tertiary/aromatic N) is 1. The monoisotopic (exact) mass is 249 g/mol. The van der Waals surface area contributed by atoms with Crippen LogP contribution in [0, 0.1) is 0 Å². The molecule has 0 spiro atoms. The second kappa shape index (κ2) is 5.08. The van der Waals surface area contributed by atoms with E-state index in [4.69, 9.17) is 5.73 Å². The van der Waals surface area contributed by atoms with Gasteiger partial charge in [0, 0.05) is 18.0 Å². The van der Waals surface area contributed by atoms with E-state index in [9.17, 15) is 0 Å². The molecule has 0 bridgehead atoms. The van der Waals surface area contributed by atoms with Crippen molar-refractivity contribution in [2.75, 3.05) is 0 Å². The summed E-state index contributed by atoms with van der Waals surface area (Å²) in [6, 6.07) is 18.0. The predicted molar refractivity (Wildman–Crippen MR) is 76.5 cm³/mol. The Morgan fingerprint density at radius 2 is 1.68 bits per heavy atom. The highest BCUT2D eigenvalue weighted by atomic mass is 14.9. The molecule has 0 aliphatic carbocycles. The number of rotatable bonds is 3. The van der Waals surface area contributed by atoms with Crippen LogP contribution in [-0.4, -0.2) is 9.97 Å². The molecule has 3 rings (SSSR count). The third kappa shape index (κ3) is 2.28. The van der Waals surface area contributed by atoms with E-state index in [2.05, 4.69) is 16.0 Å². The molecule has 0 saturated carbocycles. The minimum atomic E-state index is -0.150. The van der Waals surface area contributed by atoms with Crippen LogP contribution in [0.1, 0.15) is 17.2 Å². The lowest BCUT2D eigenvalue weighted by Gasteiger charge is -2.15. The molecule has 3 N–H and O–H groups in total. The van der Waals surface area contributed by atoms with E-state index in [-0.39, 0.29) is 6.04 Å². The normalized spacial score (nSPS) is 12.3. The number of nitrogens with two attached hydrogens (primary N) is 1. The molecule has 0 aliphatic heterocycles. The maximum atomic E-state index is 6.38. The maximum Gasteiger partial charge on any atom is 0.137 e. The Hall–Kier alpha value is -2.39. The molecule has 0 aliphatic rings. The van der Waals surface area contributed by atoms with Crippen molar-refractivity contribution in [2.24, 2.45) is 5.73 Å². The number of aromatic amines is 1. The summed E-state index contributed by atoms with van der Waals surface area (Å²) in [7, 11) is 0. The molecule has 3 nitrogen and oxygen atoms in total. The summed E-state index contributed by atoms with van der Waals surface area (Å²) in [5.74, 6) is 0.849. The van der Waals surface area contributed by atoms with Crippen molar-refractivity contribution in [2.45, 2.75) is 6.04 Å². The molecule has 94 valence electrons. The van der Waals surface area contributed by atoms with Crippen LogP contribution in [0.25, 0.3) is 11.4 Å². The van der Waals surface area contributed by atoms with E-state index in [1.165, 1.54) is 0 Å². The van der Waals surface area contributed by atoms with Crippen LogP contribution in [0.5, 0.6) is 0 Å². The quantitative estimate of drug-likeness (QED) is 0.749. The lowest BCUT2D eigenvalue weighted by atomic mass is 9.95. The first kappa shape index (κ1) is 11.7. The molecule has 1 heterocycles. The number of imidazole rings is 1.